The zero-order valence-electron chi connectivity index (χ0n) is 18.1. The van der Waals surface area contributed by atoms with Crippen molar-refractivity contribution in [3.8, 4) is 11.5 Å². The minimum absolute atomic E-state index is 0.285. The van der Waals surface area contributed by atoms with Crippen molar-refractivity contribution in [2.45, 2.75) is 45.6 Å². The van der Waals surface area contributed by atoms with Crippen LogP contribution in [0.5, 0.6) is 11.5 Å². The number of hydrogen-bond donors (Lipinski definition) is 1. The molecule has 0 saturated carbocycles. The monoisotopic (exact) mass is 427 g/mol. The van der Waals surface area contributed by atoms with E-state index in [1.807, 2.05) is 16.6 Å². The van der Waals surface area contributed by atoms with Gasteiger partial charge in [0.15, 0.2) is 17.3 Å². The van der Waals surface area contributed by atoms with E-state index in [2.05, 4.69) is 42.6 Å². The van der Waals surface area contributed by atoms with Gasteiger partial charge in [0.05, 0.1) is 5.69 Å². The van der Waals surface area contributed by atoms with Crippen LogP contribution in [0.4, 0.5) is 5.82 Å². The number of rotatable bonds is 5. The van der Waals surface area contributed by atoms with E-state index in [0.29, 0.717) is 18.7 Å². The number of ether oxygens (including phenoxy) is 2. The van der Waals surface area contributed by atoms with Crippen molar-refractivity contribution < 1.29 is 9.47 Å². The Morgan fingerprint density at radius 3 is 2.66 bits per heavy atom. The van der Waals surface area contributed by atoms with Gasteiger partial charge in [0.25, 0.3) is 5.78 Å². The van der Waals surface area contributed by atoms with E-state index in [1.165, 1.54) is 29.5 Å². The summed E-state index contributed by atoms with van der Waals surface area (Å²) in [4.78, 5) is 9.63. The van der Waals surface area contributed by atoms with Crippen LogP contribution in [-0.2, 0) is 25.8 Å². The van der Waals surface area contributed by atoms with Crippen LogP contribution in [0.3, 0.4) is 0 Å². The van der Waals surface area contributed by atoms with E-state index in [9.17, 15) is 0 Å². The van der Waals surface area contributed by atoms with Gasteiger partial charge in [-0.2, -0.15) is 9.50 Å². The van der Waals surface area contributed by atoms with Gasteiger partial charge in [-0.25, -0.2) is 4.98 Å². The average molecular weight is 428 g/mol. The number of aryl methyl sites for hydroxylation is 2. The smallest absolute Gasteiger partial charge is 0.254 e. The quantitative estimate of drug-likeness (QED) is 0.514. The molecule has 7 heteroatoms. The molecule has 2 aromatic heterocycles. The first-order valence-electron chi connectivity index (χ1n) is 11.2. The van der Waals surface area contributed by atoms with Crippen molar-refractivity contribution in [2.75, 3.05) is 12.1 Å². The molecule has 0 atom stereocenters. The molecule has 7 nitrogen and oxygen atoms in total. The van der Waals surface area contributed by atoms with Crippen molar-refractivity contribution >= 4 is 11.6 Å². The Labute approximate surface area is 186 Å². The molecule has 2 aromatic carbocycles. The maximum Gasteiger partial charge on any atom is 0.254 e. The molecule has 4 aromatic rings. The molecule has 0 bridgehead atoms. The Bertz CT molecular complexity index is 1300. The number of hydrogen-bond acceptors (Lipinski definition) is 6. The van der Waals surface area contributed by atoms with Crippen molar-refractivity contribution in [3.63, 3.8) is 0 Å². The Morgan fingerprint density at radius 1 is 0.938 bits per heavy atom. The largest absolute Gasteiger partial charge is 0.454 e. The molecule has 0 fully saturated rings. The Balaban J connectivity index is 1.34. The second kappa shape index (κ2) is 7.82. The Kier molecular flexibility index (Phi) is 4.67. The van der Waals surface area contributed by atoms with Gasteiger partial charge in [-0.3, -0.25) is 0 Å². The third-order valence-electron chi connectivity index (χ3n) is 6.19. The summed E-state index contributed by atoms with van der Waals surface area (Å²) in [5.41, 5.74) is 5.98. The summed E-state index contributed by atoms with van der Waals surface area (Å²) in [7, 11) is 0. The average Bonchev–Trinajstić information content (AvgIpc) is 3.44. The summed E-state index contributed by atoms with van der Waals surface area (Å²) >= 11 is 0. The zero-order chi connectivity index (χ0) is 21.5. The summed E-state index contributed by atoms with van der Waals surface area (Å²) in [6, 6.07) is 14.6. The number of nitrogens with one attached hydrogen (secondary N) is 1. The van der Waals surface area contributed by atoms with Gasteiger partial charge in [-0.05, 0) is 55.9 Å². The fourth-order valence-electron chi connectivity index (χ4n) is 4.47. The SMILES string of the molecule is Cc1ccc(Cc2nc3nc4c(c(NCc5ccc6c(c5)OCO6)n3n2)CCCC4)cc1. The molecule has 0 saturated heterocycles. The van der Waals surface area contributed by atoms with Crippen LogP contribution in [0, 0.1) is 6.92 Å². The first kappa shape index (κ1) is 19.1. The second-order valence-electron chi connectivity index (χ2n) is 8.54. The summed E-state index contributed by atoms with van der Waals surface area (Å²) in [6.45, 7) is 3.04. The lowest BCUT2D eigenvalue weighted by Gasteiger charge is -2.20. The van der Waals surface area contributed by atoms with Crippen molar-refractivity contribution in [1.82, 2.24) is 19.6 Å². The van der Waals surface area contributed by atoms with E-state index in [0.717, 1.165) is 47.2 Å². The van der Waals surface area contributed by atoms with Crippen LogP contribution >= 0.6 is 0 Å². The van der Waals surface area contributed by atoms with E-state index in [-0.39, 0.29) is 6.79 Å². The lowest BCUT2D eigenvalue weighted by Crippen LogP contribution is -2.15. The van der Waals surface area contributed by atoms with Crippen LogP contribution in [-0.4, -0.2) is 26.4 Å². The standard InChI is InChI=1S/C25H25N5O2/c1-16-6-8-17(9-7-16)13-23-28-25-27-20-5-3-2-4-19(20)24(30(25)29-23)26-14-18-10-11-21-22(12-18)32-15-31-21/h6-12,26H,2-5,13-15H2,1H3. The van der Waals surface area contributed by atoms with Crippen molar-refractivity contribution in [3.05, 3.63) is 76.2 Å². The highest BCUT2D eigenvalue weighted by molar-refractivity contribution is 5.55. The van der Waals surface area contributed by atoms with E-state index < -0.39 is 0 Å². The molecule has 1 aliphatic heterocycles. The maximum absolute atomic E-state index is 5.53. The number of benzene rings is 2. The van der Waals surface area contributed by atoms with E-state index in [4.69, 9.17) is 24.5 Å². The minimum atomic E-state index is 0.285. The van der Waals surface area contributed by atoms with Gasteiger partial charge < -0.3 is 14.8 Å². The predicted octanol–water partition coefficient (Wildman–Crippen LogP) is 4.24. The highest BCUT2D eigenvalue weighted by Gasteiger charge is 2.21. The van der Waals surface area contributed by atoms with Gasteiger partial charge in [0.2, 0.25) is 6.79 Å². The number of nitrogens with zero attached hydrogens (tertiary/aromatic N) is 4. The van der Waals surface area contributed by atoms with E-state index >= 15 is 0 Å². The summed E-state index contributed by atoms with van der Waals surface area (Å²) in [5.74, 6) is 4.06. The zero-order valence-corrected chi connectivity index (χ0v) is 18.1. The minimum Gasteiger partial charge on any atom is -0.454 e. The predicted molar refractivity (Wildman–Crippen MR) is 121 cm³/mol. The molecule has 0 spiro atoms. The van der Waals surface area contributed by atoms with Crippen molar-refractivity contribution in [2.24, 2.45) is 0 Å². The number of aromatic nitrogens is 4. The van der Waals surface area contributed by atoms with Crippen LogP contribution < -0.4 is 14.8 Å². The molecule has 0 amide bonds. The Morgan fingerprint density at radius 2 is 1.75 bits per heavy atom. The third kappa shape index (κ3) is 3.53. The summed E-state index contributed by atoms with van der Waals surface area (Å²) < 4.78 is 12.9. The fraction of sp³-hybridized carbons (Fsp3) is 0.320. The van der Waals surface area contributed by atoms with Gasteiger partial charge in [-0.1, -0.05) is 35.9 Å². The number of anilines is 1. The van der Waals surface area contributed by atoms with Gasteiger partial charge >= 0.3 is 0 Å². The normalized spacial score (nSPS) is 14.5. The van der Waals surface area contributed by atoms with Gasteiger partial charge in [0, 0.05) is 18.5 Å². The molecule has 2 aliphatic rings. The molecule has 0 unspecified atom stereocenters. The van der Waals surface area contributed by atoms with Crippen LogP contribution in [0.15, 0.2) is 42.5 Å². The molecular weight excluding hydrogens is 402 g/mol. The van der Waals surface area contributed by atoms with E-state index in [1.54, 1.807) is 0 Å². The second-order valence-corrected chi connectivity index (χ2v) is 8.54. The fourth-order valence-corrected chi connectivity index (χ4v) is 4.47. The molecule has 3 heterocycles. The molecule has 0 radical (unpaired) electrons. The van der Waals surface area contributed by atoms with Crippen LogP contribution in [0.2, 0.25) is 0 Å². The first-order valence-corrected chi connectivity index (χ1v) is 11.2. The topological polar surface area (TPSA) is 73.6 Å². The lowest BCUT2D eigenvalue weighted by molar-refractivity contribution is 0.174. The number of fused-ring (bicyclic) bond motifs is 3. The highest BCUT2D eigenvalue weighted by Crippen LogP contribution is 2.33. The first-order chi connectivity index (χ1) is 15.7. The Hall–Kier alpha value is -3.61. The lowest BCUT2D eigenvalue weighted by atomic mass is 9.96. The molecule has 162 valence electrons. The van der Waals surface area contributed by atoms with Gasteiger partial charge in [0.1, 0.15) is 5.82 Å². The van der Waals surface area contributed by atoms with Crippen molar-refractivity contribution in [1.29, 1.82) is 0 Å². The summed E-state index contributed by atoms with van der Waals surface area (Å²) in [5, 5.41) is 8.48. The van der Waals surface area contributed by atoms with Crippen LogP contribution in [0.25, 0.3) is 5.78 Å². The molecule has 32 heavy (non-hydrogen) atoms. The highest BCUT2D eigenvalue weighted by atomic mass is 16.7. The molecule has 1 aliphatic carbocycles. The molecular formula is C25H25N5O2. The molecule has 1 N–H and O–H groups in total. The van der Waals surface area contributed by atoms with Gasteiger partial charge in [-0.15, -0.1) is 5.10 Å². The van der Waals surface area contributed by atoms with Crippen LogP contribution in [0.1, 0.15) is 46.6 Å². The molecule has 6 rings (SSSR count). The summed E-state index contributed by atoms with van der Waals surface area (Å²) in [6.07, 6.45) is 5.03. The maximum atomic E-state index is 5.53. The third-order valence-corrected chi connectivity index (χ3v) is 6.19.